The van der Waals surface area contributed by atoms with E-state index in [-0.39, 0.29) is 17.7 Å². The third-order valence-corrected chi connectivity index (χ3v) is 6.46. The van der Waals surface area contributed by atoms with Crippen LogP contribution >= 0.6 is 34.7 Å². The summed E-state index contributed by atoms with van der Waals surface area (Å²) < 4.78 is 1.57. The molecule has 0 saturated carbocycles. The molecule has 6 nitrogen and oxygen atoms in total. The zero-order chi connectivity index (χ0) is 20.9. The van der Waals surface area contributed by atoms with Gasteiger partial charge in [0.05, 0.1) is 17.5 Å². The van der Waals surface area contributed by atoms with E-state index in [4.69, 9.17) is 11.6 Å². The van der Waals surface area contributed by atoms with Crippen LogP contribution in [0.15, 0.2) is 71.2 Å². The van der Waals surface area contributed by atoms with E-state index >= 15 is 0 Å². The summed E-state index contributed by atoms with van der Waals surface area (Å²) in [5.41, 5.74) is 2.97. The Labute approximate surface area is 187 Å². The number of benzene rings is 2. The molecule has 4 aromatic rings. The Hall–Kier alpha value is -2.68. The fourth-order valence-corrected chi connectivity index (χ4v) is 4.59. The van der Waals surface area contributed by atoms with E-state index in [1.807, 2.05) is 48.7 Å². The minimum atomic E-state index is -0.192. The van der Waals surface area contributed by atoms with E-state index in [9.17, 15) is 4.79 Å². The Kier molecular flexibility index (Phi) is 6.47. The number of amides is 1. The largest absolute Gasteiger partial charge is 0.344 e. The lowest BCUT2D eigenvalue weighted by atomic mass is 10.0. The third-order valence-electron chi connectivity index (χ3n) is 4.37. The zero-order valence-corrected chi connectivity index (χ0v) is 18.4. The van der Waals surface area contributed by atoms with Crippen LogP contribution in [-0.2, 0) is 4.79 Å². The second kappa shape index (κ2) is 9.42. The third kappa shape index (κ3) is 4.89. The van der Waals surface area contributed by atoms with Crippen molar-refractivity contribution in [2.24, 2.45) is 0 Å². The van der Waals surface area contributed by atoms with Crippen molar-refractivity contribution in [1.29, 1.82) is 0 Å². The number of nitrogens with one attached hydrogen (secondary N) is 1. The van der Waals surface area contributed by atoms with Crippen molar-refractivity contribution < 1.29 is 4.79 Å². The number of aryl methyl sites for hydroxylation is 1. The van der Waals surface area contributed by atoms with Gasteiger partial charge in [-0.1, -0.05) is 65.3 Å². The average molecular weight is 456 g/mol. The number of thiophene rings is 1. The maximum Gasteiger partial charge on any atom is 0.231 e. The van der Waals surface area contributed by atoms with E-state index in [2.05, 4.69) is 33.0 Å². The fraction of sp³-hybridized carbons (Fsp3) is 0.143. The minimum absolute atomic E-state index is 0.0976. The van der Waals surface area contributed by atoms with Gasteiger partial charge >= 0.3 is 0 Å². The Morgan fingerprint density at radius 3 is 2.77 bits per heavy atom. The molecule has 0 aliphatic carbocycles. The number of halogens is 1. The summed E-state index contributed by atoms with van der Waals surface area (Å²) in [5, 5.41) is 18.0. The number of carbonyl (C=O) groups excluding carboxylic acids is 1. The molecule has 2 heterocycles. The predicted octanol–water partition coefficient (Wildman–Crippen LogP) is 4.68. The van der Waals surface area contributed by atoms with Gasteiger partial charge in [0, 0.05) is 9.90 Å². The topological polar surface area (TPSA) is 72.7 Å². The Balaban J connectivity index is 1.46. The molecule has 2 aromatic heterocycles. The highest BCUT2D eigenvalue weighted by atomic mass is 35.5. The normalized spacial score (nSPS) is 11.9. The van der Waals surface area contributed by atoms with Crippen molar-refractivity contribution >= 4 is 40.6 Å². The lowest BCUT2D eigenvalue weighted by Gasteiger charge is -2.18. The van der Waals surface area contributed by atoms with Gasteiger partial charge in [0.1, 0.15) is 0 Å². The zero-order valence-electron chi connectivity index (χ0n) is 16.0. The molecule has 0 aliphatic heterocycles. The molecule has 1 N–H and O–H groups in total. The second-order valence-corrected chi connectivity index (χ2v) is 8.93. The maximum absolute atomic E-state index is 12.8. The van der Waals surface area contributed by atoms with Crippen molar-refractivity contribution in [1.82, 2.24) is 25.5 Å². The molecule has 1 unspecified atom stereocenters. The first kappa shape index (κ1) is 20.6. The monoisotopic (exact) mass is 455 g/mol. The first-order valence-corrected chi connectivity index (χ1v) is 11.4. The number of hydrogen-bond donors (Lipinski definition) is 1. The van der Waals surface area contributed by atoms with Crippen LogP contribution in [0, 0.1) is 6.92 Å². The first-order chi connectivity index (χ1) is 14.6. The van der Waals surface area contributed by atoms with Gasteiger partial charge in [0.2, 0.25) is 11.1 Å². The Morgan fingerprint density at radius 1 is 1.20 bits per heavy atom. The highest BCUT2D eigenvalue weighted by Gasteiger charge is 2.19. The van der Waals surface area contributed by atoms with Gasteiger partial charge in [-0.15, -0.1) is 16.4 Å². The second-order valence-electron chi connectivity index (χ2n) is 6.57. The minimum Gasteiger partial charge on any atom is -0.344 e. The summed E-state index contributed by atoms with van der Waals surface area (Å²) in [6, 6.07) is 19.3. The molecule has 4 rings (SSSR count). The van der Waals surface area contributed by atoms with Gasteiger partial charge in [0.15, 0.2) is 0 Å². The van der Waals surface area contributed by atoms with Crippen LogP contribution in [0.3, 0.4) is 0 Å². The summed E-state index contributed by atoms with van der Waals surface area (Å²) in [6.07, 6.45) is 0. The van der Waals surface area contributed by atoms with Gasteiger partial charge in [-0.25, -0.2) is 0 Å². The molecule has 1 atom stereocenters. The van der Waals surface area contributed by atoms with Crippen LogP contribution in [-0.4, -0.2) is 31.9 Å². The molecule has 152 valence electrons. The van der Waals surface area contributed by atoms with E-state index < -0.39 is 0 Å². The molecule has 0 aliphatic rings. The van der Waals surface area contributed by atoms with E-state index in [1.165, 1.54) is 17.3 Å². The molecule has 2 aromatic carbocycles. The predicted molar refractivity (Wildman–Crippen MR) is 120 cm³/mol. The van der Waals surface area contributed by atoms with E-state index in [0.29, 0.717) is 10.2 Å². The van der Waals surface area contributed by atoms with Gasteiger partial charge < -0.3 is 5.32 Å². The number of tetrazole rings is 1. The molecule has 0 saturated heterocycles. The molecular weight excluding hydrogens is 438 g/mol. The lowest BCUT2D eigenvalue weighted by Crippen LogP contribution is -2.30. The number of nitrogens with zero attached hydrogens (tertiary/aromatic N) is 4. The molecule has 1 amide bonds. The van der Waals surface area contributed by atoms with Crippen LogP contribution in [0.25, 0.3) is 5.69 Å². The van der Waals surface area contributed by atoms with Gasteiger partial charge in [-0.2, -0.15) is 4.68 Å². The molecular formula is C21H18ClN5OS2. The van der Waals surface area contributed by atoms with E-state index in [0.717, 1.165) is 16.1 Å². The average Bonchev–Trinajstić information content (AvgIpc) is 3.43. The summed E-state index contributed by atoms with van der Waals surface area (Å²) in [5.74, 6) is 0.0916. The summed E-state index contributed by atoms with van der Waals surface area (Å²) in [6.45, 7) is 2.04. The molecule has 9 heteroatoms. The standard InChI is InChI=1S/C21H18ClN5OS2/c1-14-7-9-15(10-8-14)20(18-6-3-11-29-18)23-19(28)13-30-21-24-25-26-27(21)17-5-2-4-16(22)12-17/h2-12,20H,13H2,1H3,(H,23,28). The number of carbonyl (C=O) groups is 1. The maximum atomic E-state index is 12.8. The van der Waals surface area contributed by atoms with Crippen molar-refractivity contribution in [3.05, 3.63) is 87.1 Å². The smallest absolute Gasteiger partial charge is 0.231 e. The van der Waals surface area contributed by atoms with Crippen LogP contribution in [0.5, 0.6) is 0 Å². The summed E-state index contributed by atoms with van der Waals surface area (Å²) in [4.78, 5) is 13.8. The number of aromatic nitrogens is 4. The molecule has 0 spiro atoms. The Morgan fingerprint density at radius 2 is 2.03 bits per heavy atom. The highest BCUT2D eigenvalue weighted by Crippen LogP contribution is 2.27. The molecule has 0 radical (unpaired) electrons. The fourth-order valence-electron chi connectivity index (χ4n) is 2.90. The molecule has 0 fully saturated rings. The molecule has 0 bridgehead atoms. The highest BCUT2D eigenvalue weighted by molar-refractivity contribution is 7.99. The van der Waals surface area contributed by atoms with Crippen LogP contribution in [0.2, 0.25) is 5.02 Å². The van der Waals surface area contributed by atoms with Crippen LogP contribution in [0.1, 0.15) is 22.0 Å². The van der Waals surface area contributed by atoms with Gasteiger partial charge in [-0.3, -0.25) is 4.79 Å². The molecule has 30 heavy (non-hydrogen) atoms. The summed E-state index contributed by atoms with van der Waals surface area (Å²) in [7, 11) is 0. The number of thioether (sulfide) groups is 1. The lowest BCUT2D eigenvalue weighted by molar-refractivity contribution is -0.119. The van der Waals surface area contributed by atoms with Crippen molar-refractivity contribution in [2.45, 2.75) is 18.1 Å². The van der Waals surface area contributed by atoms with Crippen LogP contribution < -0.4 is 5.32 Å². The summed E-state index contributed by atoms with van der Waals surface area (Å²) >= 11 is 8.96. The number of hydrogen-bond acceptors (Lipinski definition) is 6. The Bertz CT molecular complexity index is 1130. The van der Waals surface area contributed by atoms with Gasteiger partial charge in [0.25, 0.3) is 0 Å². The van der Waals surface area contributed by atoms with Crippen molar-refractivity contribution in [2.75, 3.05) is 5.75 Å². The van der Waals surface area contributed by atoms with E-state index in [1.54, 1.807) is 28.2 Å². The van der Waals surface area contributed by atoms with Crippen molar-refractivity contribution in [3.63, 3.8) is 0 Å². The van der Waals surface area contributed by atoms with Crippen molar-refractivity contribution in [3.8, 4) is 5.69 Å². The first-order valence-electron chi connectivity index (χ1n) is 9.16. The quantitative estimate of drug-likeness (QED) is 0.409. The van der Waals surface area contributed by atoms with Crippen LogP contribution in [0.4, 0.5) is 0 Å². The number of rotatable bonds is 7. The van der Waals surface area contributed by atoms with Gasteiger partial charge in [-0.05, 0) is 52.6 Å². The SMILES string of the molecule is Cc1ccc(C(NC(=O)CSc2nnnn2-c2cccc(Cl)c2)c2cccs2)cc1.